The van der Waals surface area contributed by atoms with Gasteiger partial charge in [-0.05, 0) is 56.9 Å². The Morgan fingerprint density at radius 3 is 2.15 bits per heavy atom. The lowest BCUT2D eigenvalue weighted by Gasteiger charge is -2.35. The summed E-state index contributed by atoms with van der Waals surface area (Å²) in [7, 11) is 0. The van der Waals surface area contributed by atoms with E-state index in [0.717, 1.165) is 12.0 Å². The molecular formula is C19H37N. The van der Waals surface area contributed by atoms with Crippen LogP contribution in [0.3, 0.4) is 0 Å². The van der Waals surface area contributed by atoms with Crippen molar-refractivity contribution in [3.8, 4) is 0 Å². The molecule has 0 heterocycles. The minimum atomic E-state index is 0.613. The molecule has 0 unspecified atom stereocenters. The second kappa shape index (κ2) is 9.60. The van der Waals surface area contributed by atoms with E-state index in [1.165, 1.54) is 70.8 Å². The molecule has 2 aliphatic carbocycles. The summed E-state index contributed by atoms with van der Waals surface area (Å²) in [6.45, 7) is 11.4. The van der Waals surface area contributed by atoms with E-state index in [2.05, 4.69) is 25.7 Å². The predicted molar refractivity (Wildman–Crippen MR) is 91.1 cm³/mol. The maximum atomic E-state index is 3.81. The van der Waals surface area contributed by atoms with Crippen molar-refractivity contribution in [3.63, 3.8) is 0 Å². The molecule has 0 radical (unpaired) electrons. The highest BCUT2D eigenvalue weighted by Crippen LogP contribution is 2.35. The Bertz CT molecular complexity index is 240. The van der Waals surface area contributed by atoms with Gasteiger partial charge in [0.25, 0.3) is 0 Å². The lowest BCUT2D eigenvalue weighted by atomic mass is 9.75. The minimum absolute atomic E-state index is 0.613. The van der Waals surface area contributed by atoms with E-state index in [-0.39, 0.29) is 0 Å². The SMILES string of the molecule is C=CC.CC1(C)CCC(NCCC2CCCCC2)CC1. The Labute approximate surface area is 127 Å². The molecule has 0 bridgehead atoms. The van der Waals surface area contributed by atoms with Crippen LogP contribution in [0.1, 0.15) is 85.0 Å². The van der Waals surface area contributed by atoms with Crippen LogP contribution < -0.4 is 5.32 Å². The standard InChI is InChI=1S/C16H31N.C3H6/c1-16(2)11-8-15(9-12-16)17-13-10-14-6-4-3-5-7-14;1-3-2/h14-15,17H,3-13H2,1-2H3;3H,1H2,2H3. The van der Waals surface area contributed by atoms with E-state index in [0.29, 0.717) is 5.41 Å². The zero-order valence-corrected chi connectivity index (χ0v) is 14.2. The fourth-order valence-corrected chi connectivity index (χ4v) is 3.57. The van der Waals surface area contributed by atoms with Gasteiger partial charge >= 0.3 is 0 Å². The van der Waals surface area contributed by atoms with Crippen molar-refractivity contribution < 1.29 is 0 Å². The highest BCUT2D eigenvalue weighted by molar-refractivity contribution is 4.82. The van der Waals surface area contributed by atoms with Crippen molar-refractivity contribution in [3.05, 3.63) is 12.7 Å². The molecule has 2 aliphatic rings. The molecule has 0 aliphatic heterocycles. The molecule has 2 rings (SSSR count). The van der Waals surface area contributed by atoms with Crippen LogP contribution in [0.2, 0.25) is 0 Å². The first-order valence-corrected chi connectivity index (χ1v) is 8.88. The van der Waals surface area contributed by atoms with E-state index >= 15 is 0 Å². The van der Waals surface area contributed by atoms with Crippen molar-refractivity contribution in [2.45, 2.75) is 91.0 Å². The summed E-state index contributed by atoms with van der Waals surface area (Å²) in [5, 5.41) is 3.81. The van der Waals surface area contributed by atoms with Crippen LogP contribution in [-0.2, 0) is 0 Å². The molecule has 0 aromatic rings. The van der Waals surface area contributed by atoms with Crippen LogP contribution >= 0.6 is 0 Å². The molecule has 1 heteroatoms. The summed E-state index contributed by atoms with van der Waals surface area (Å²) in [5.41, 5.74) is 0.613. The molecule has 20 heavy (non-hydrogen) atoms. The first-order valence-electron chi connectivity index (χ1n) is 8.88. The van der Waals surface area contributed by atoms with Gasteiger partial charge in [0.05, 0.1) is 0 Å². The van der Waals surface area contributed by atoms with E-state index in [9.17, 15) is 0 Å². The normalized spacial score (nSPS) is 23.8. The zero-order chi connectivity index (χ0) is 14.8. The number of allylic oxidation sites excluding steroid dienone is 1. The number of nitrogens with one attached hydrogen (secondary N) is 1. The highest BCUT2D eigenvalue weighted by Gasteiger charge is 2.26. The Kier molecular flexibility index (Phi) is 8.52. The quantitative estimate of drug-likeness (QED) is 0.650. The zero-order valence-electron chi connectivity index (χ0n) is 14.2. The molecular weight excluding hydrogens is 242 g/mol. The second-order valence-corrected chi connectivity index (χ2v) is 7.59. The van der Waals surface area contributed by atoms with Gasteiger partial charge in [0, 0.05) is 6.04 Å². The smallest absolute Gasteiger partial charge is 0.00674 e. The predicted octanol–water partition coefficient (Wildman–Crippen LogP) is 5.71. The van der Waals surface area contributed by atoms with Crippen molar-refractivity contribution in [2.24, 2.45) is 11.3 Å². The van der Waals surface area contributed by atoms with Crippen molar-refractivity contribution >= 4 is 0 Å². The number of rotatable bonds is 4. The average Bonchev–Trinajstić information content (AvgIpc) is 2.43. The van der Waals surface area contributed by atoms with Gasteiger partial charge in [-0.25, -0.2) is 0 Å². The molecule has 118 valence electrons. The molecule has 0 spiro atoms. The van der Waals surface area contributed by atoms with Gasteiger partial charge < -0.3 is 5.32 Å². The summed E-state index contributed by atoms with van der Waals surface area (Å²) >= 11 is 0. The molecule has 0 amide bonds. The van der Waals surface area contributed by atoms with E-state index in [1.54, 1.807) is 6.08 Å². The fraction of sp³-hybridized carbons (Fsp3) is 0.895. The van der Waals surface area contributed by atoms with Gasteiger partial charge in [0.2, 0.25) is 0 Å². The maximum Gasteiger partial charge on any atom is 0.00674 e. The topological polar surface area (TPSA) is 12.0 Å². The van der Waals surface area contributed by atoms with Crippen LogP contribution in [-0.4, -0.2) is 12.6 Å². The minimum Gasteiger partial charge on any atom is -0.314 e. The van der Waals surface area contributed by atoms with Crippen molar-refractivity contribution in [2.75, 3.05) is 6.54 Å². The van der Waals surface area contributed by atoms with Crippen LogP contribution in [0, 0.1) is 11.3 Å². The summed E-state index contributed by atoms with van der Waals surface area (Å²) in [6.07, 6.45) is 16.3. The first kappa shape index (κ1) is 17.8. The van der Waals surface area contributed by atoms with E-state index in [1.807, 2.05) is 6.92 Å². The maximum absolute atomic E-state index is 3.81. The third-order valence-corrected chi connectivity index (χ3v) is 5.05. The van der Waals surface area contributed by atoms with E-state index < -0.39 is 0 Å². The van der Waals surface area contributed by atoms with Crippen LogP contribution in [0.15, 0.2) is 12.7 Å². The lowest BCUT2D eigenvalue weighted by molar-refractivity contribution is 0.203. The Morgan fingerprint density at radius 2 is 1.60 bits per heavy atom. The van der Waals surface area contributed by atoms with Crippen LogP contribution in [0.25, 0.3) is 0 Å². The Hall–Kier alpha value is -0.300. The largest absolute Gasteiger partial charge is 0.314 e. The van der Waals surface area contributed by atoms with Crippen molar-refractivity contribution in [1.82, 2.24) is 5.32 Å². The third kappa shape index (κ3) is 7.47. The van der Waals surface area contributed by atoms with Crippen LogP contribution in [0.4, 0.5) is 0 Å². The van der Waals surface area contributed by atoms with Crippen LogP contribution in [0.5, 0.6) is 0 Å². The summed E-state index contributed by atoms with van der Waals surface area (Å²) in [6, 6.07) is 0.826. The monoisotopic (exact) mass is 279 g/mol. The molecule has 1 nitrogen and oxygen atoms in total. The third-order valence-electron chi connectivity index (χ3n) is 5.05. The fourth-order valence-electron chi connectivity index (χ4n) is 3.57. The van der Waals surface area contributed by atoms with Gasteiger partial charge in [-0.3, -0.25) is 0 Å². The molecule has 1 N–H and O–H groups in total. The first-order chi connectivity index (χ1) is 9.57. The van der Waals surface area contributed by atoms with Gasteiger partial charge in [-0.2, -0.15) is 0 Å². The number of hydrogen-bond donors (Lipinski definition) is 1. The van der Waals surface area contributed by atoms with Gasteiger partial charge in [-0.15, -0.1) is 6.58 Å². The van der Waals surface area contributed by atoms with Gasteiger partial charge in [0.15, 0.2) is 0 Å². The Balaban J connectivity index is 0.000000612. The Morgan fingerprint density at radius 1 is 1.05 bits per heavy atom. The van der Waals surface area contributed by atoms with E-state index in [4.69, 9.17) is 0 Å². The van der Waals surface area contributed by atoms with Gasteiger partial charge in [-0.1, -0.05) is 52.0 Å². The summed E-state index contributed by atoms with van der Waals surface area (Å²) in [5.74, 6) is 1.04. The van der Waals surface area contributed by atoms with Crippen molar-refractivity contribution in [1.29, 1.82) is 0 Å². The molecule has 2 fully saturated rings. The lowest BCUT2D eigenvalue weighted by Crippen LogP contribution is -2.36. The molecule has 0 saturated heterocycles. The summed E-state index contributed by atoms with van der Waals surface area (Å²) in [4.78, 5) is 0. The molecule has 0 aromatic heterocycles. The number of hydrogen-bond acceptors (Lipinski definition) is 1. The highest BCUT2D eigenvalue weighted by atomic mass is 14.9. The molecule has 0 aromatic carbocycles. The molecule has 0 atom stereocenters. The summed E-state index contributed by atoms with van der Waals surface area (Å²) < 4.78 is 0. The average molecular weight is 280 g/mol. The second-order valence-electron chi connectivity index (χ2n) is 7.59. The van der Waals surface area contributed by atoms with Gasteiger partial charge in [0.1, 0.15) is 0 Å². The molecule has 2 saturated carbocycles.